The van der Waals surface area contributed by atoms with Gasteiger partial charge in [0.2, 0.25) is 0 Å². The smallest absolute Gasteiger partial charge is 0.138 e. The van der Waals surface area contributed by atoms with E-state index in [0.29, 0.717) is 17.7 Å². The van der Waals surface area contributed by atoms with Crippen LogP contribution in [0.4, 0.5) is 0 Å². The molecule has 0 radical (unpaired) electrons. The molecule has 1 heterocycles. The second-order valence-corrected chi connectivity index (χ2v) is 5.79. The van der Waals surface area contributed by atoms with Crippen LogP contribution >= 0.6 is 0 Å². The summed E-state index contributed by atoms with van der Waals surface area (Å²) in [6, 6.07) is 0.635. The summed E-state index contributed by atoms with van der Waals surface area (Å²) >= 11 is 0. The summed E-state index contributed by atoms with van der Waals surface area (Å²) in [5, 5.41) is 0. The van der Waals surface area contributed by atoms with E-state index >= 15 is 0 Å². The van der Waals surface area contributed by atoms with Crippen LogP contribution in [-0.4, -0.2) is 29.8 Å². The van der Waals surface area contributed by atoms with Crippen molar-refractivity contribution in [2.24, 2.45) is 11.3 Å². The van der Waals surface area contributed by atoms with Gasteiger partial charge in [-0.05, 0) is 19.8 Å². The Kier molecular flexibility index (Phi) is 3.36. The average Bonchev–Trinajstić information content (AvgIpc) is 1.92. The van der Waals surface area contributed by atoms with Crippen LogP contribution in [0, 0.1) is 11.3 Å². The molecule has 0 aromatic heterocycles. The predicted molar refractivity (Wildman–Crippen MR) is 59.3 cm³/mol. The third kappa shape index (κ3) is 2.81. The number of hydrogen-bond donors (Lipinski definition) is 0. The zero-order valence-corrected chi connectivity index (χ0v) is 10.1. The van der Waals surface area contributed by atoms with E-state index in [2.05, 4.69) is 18.7 Å². The van der Waals surface area contributed by atoms with Gasteiger partial charge < -0.3 is 4.90 Å². The highest BCUT2D eigenvalue weighted by molar-refractivity contribution is 5.83. The first-order chi connectivity index (χ1) is 6.30. The third-order valence-corrected chi connectivity index (χ3v) is 3.03. The van der Waals surface area contributed by atoms with Gasteiger partial charge in [-0.3, -0.25) is 4.79 Å². The third-order valence-electron chi connectivity index (χ3n) is 3.03. The molecule has 1 fully saturated rings. The highest BCUT2D eigenvalue weighted by Gasteiger charge is 2.32. The Hall–Kier alpha value is -0.370. The Morgan fingerprint density at radius 3 is 2.21 bits per heavy atom. The molecule has 82 valence electrons. The molecule has 0 atom stereocenters. The molecule has 0 bridgehead atoms. The highest BCUT2D eigenvalue weighted by Crippen LogP contribution is 2.26. The number of ketones is 1. The van der Waals surface area contributed by atoms with Crippen LogP contribution in [0.1, 0.15) is 41.0 Å². The zero-order chi connectivity index (χ0) is 10.9. The number of carbonyl (C=O) groups excluding carboxylic acids is 1. The van der Waals surface area contributed by atoms with E-state index in [1.54, 1.807) is 0 Å². The fourth-order valence-corrected chi connectivity index (χ4v) is 1.73. The van der Waals surface area contributed by atoms with Crippen LogP contribution in [0.2, 0.25) is 0 Å². The van der Waals surface area contributed by atoms with E-state index in [1.165, 1.54) is 0 Å². The van der Waals surface area contributed by atoms with Gasteiger partial charge in [0.05, 0.1) is 0 Å². The van der Waals surface area contributed by atoms with E-state index in [1.807, 2.05) is 20.8 Å². The number of carbonyl (C=O) groups is 1. The minimum atomic E-state index is -0.155. The van der Waals surface area contributed by atoms with Crippen molar-refractivity contribution >= 4 is 5.78 Å². The molecule has 0 spiro atoms. The van der Waals surface area contributed by atoms with Gasteiger partial charge in [0, 0.05) is 31.0 Å². The van der Waals surface area contributed by atoms with Crippen LogP contribution in [0.3, 0.4) is 0 Å². The van der Waals surface area contributed by atoms with Crippen molar-refractivity contribution in [2.75, 3.05) is 13.1 Å². The lowest BCUT2D eigenvalue weighted by Gasteiger charge is -2.42. The van der Waals surface area contributed by atoms with E-state index in [0.717, 1.165) is 19.5 Å². The Bertz CT molecular complexity index is 209. The molecule has 0 aliphatic carbocycles. The second-order valence-electron chi connectivity index (χ2n) is 5.79. The maximum Gasteiger partial charge on any atom is 0.138 e. The molecule has 0 unspecified atom stereocenters. The Balaban J connectivity index is 2.27. The Morgan fingerprint density at radius 2 is 1.86 bits per heavy atom. The van der Waals surface area contributed by atoms with Crippen molar-refractivity contribution in [3.05, 3.63) is 0 Å². The van der Waals surface area contributed by atoms with Crippen molar-refractivity contribution in [2.45, 2.75) is 47.1 Å². The van der Waals surface area contributed by atoms with Crippen molar-refractivity contribution in [3.63, 3.8) is 0 Å². The van der Waals surface area contributed by atoms with E-state index in [9.17, 15) is 4.79 Å². The molecule has 0 aromatic carbocycles. The summed E-state index contributed by atoms with van der Waals surface area (Å²) in [4.78, 5) is 14.1. The van der Waals surface area contributed by atoms with Crippen molar-refractivity contribution in [1.82, 2.24) is 4.90 Å². The number of Topliss-reactive ketones (excluding diaryl/α,β-unsaturated/α-hetero) is 1. The molecule has 0 aromatic rings. The summed E-state index contributed by atoms with van der Waals surface area (Å²) in [6.45, 7) is 12.7. The van der Waals surface area contributed by atoms with Crippen molar-refractivity contribution < 1.29 is 4.79 Å². The predicted octanol–water partition coefficient (Wildman–Crippen LogP) is 2.33. The minimum absolute atomic E-state index is 0.155. The number of rotatable bonds is 3. The summed E-state index contributed by atoms with van der Waals surface area (Å²) in [6.07, 6.45) is 0.771. The monoisotopic (exact) mass is 197 g/mol. The van der Waals surface area contributed by atoms with Gasteiger partial charge in [-0.15, -0.1) is 0 Å². The van der Waals surface area contributed by atoms with E-state index < -0.39 is 0 Å². The summed E-state index contributed by atoms with van der Waals surface area (Å²) in [7, 11) is 0. The Morgan fingerprint density at radius 1 is 1.36 bits per heavy atom. The summed E-state index contributed by atoms with van der Waals surface area (Å²) < 4.78 is 0. The maximum atomic E-state index is 11.7. The van der Waals surface area contributed by atoms with Crippen LogP contribution in [0.5, 0.6) is 0 Å². The van der Waals surface area contributed by atoms with Gasteiger partial charge in [-0.2, -0.15) is 0 Å². The van der Waals surface area contributed by atoms with E-state index in [-0.39, 0.29) is 5.41 Å². The quantitative estimate of drug-likeness (QED) is 0.692. The van der Waals surface area contributed by atoms with Crippen LogP contribution < -0.4 is 0 Å². The van der Waals surface area contributed by atoms with Crippen LogP contribution in [0.25, 0.3) is 0 Å². The Labute approximate surface area is 87.7 Å². The average molecular weight is 197 g/mol. The molecule has 2 nitrogen and oxygen atoms in total. The number of likely N-dealkylation sites (tertiary alicyclic amines) is 1. The molecular formula is C12H23NO. The van der Waals surface area contributed by atoms with Crippen LogP contribution in [-0.2, 0) is 4.79 Å². The lowest BCUT2D eigenvalue weighted by Crippen LogP contribution is -2.51. The van der Waals surface area contributed by atoms with Gasteiger partial charge in [0.15, 0.2) is 0 Å². The summed E-state index contributed by atoms with van der Waals surface area (Å²) in [5.74, 6) is 1.02. The number of hydrogen-bond acceptors (Lipinski definition) is 2. The fourth-order valence-electron chi connectivity index (χ4n) is 1.73. The van der Waals surface area contributed by atoms with Gasteiger partial charge in [-0.25, -0.2) is 0 Å². The minimum Gasteiger partial charge on any atom is -0.300 e. The fraction of sp³-hybridized carbons (Fsp3) is 0.917. The first-order valence-corrected chi connectivity index (χ1v) is 5.58. The van der Waals surface area contributed by atoms with Crippen molar-refractivity contribution in [3.8, 4) is 0 Å². The molecule has 0 amide bonds. The van der Waals surface area contributed by atoms with Crippen molar-refractivity contribution in [1.29, 1.82) is 0 Å². The first kappa shape index (κ1) is 11.7. The van der Waals surface area contributed by atoms with E-state index in [4.69, 9.17) is 0 Å². The lowest BCUT2D eigenvalue weighted by atomic mass is 9.82. The van der Waals surface area contributed by atoms with Gasteiger partial charge in [0.1, 0.15) is 5.78 Å². The molecule has 0 N–H and O–H groups in total. The normalized spacial score (nSPS) is 19.9. The van der Waals surface area contributed by atoms with Gasteiger partial charge in [-0.1, -0.05) is 20.8 Å². The molecule has 1 saturated heterocycles. The molecule has 0 saturated carbocycles. The first-order valence-electron chi connectivity index (χ1n) is 5.58. The van der Waals surface area contributed by atoms with Crippen LogP contribution in [0.15, 0.2) is 0 Å². The summed E-state index contributed by atoms with van der Waals surface area (Å²) in [5.41, 5.74) is -0.155. The SMILES string of the molecule is CC(C)N1CC(CC(=O)C(C)(C)C)C1. The molecule has 1 aliphatic rings. The molecule has 2 heteroatoms. The molecule has 1 rings (SSSR count). The molecule has 14 heavy (non-hydrogen) atoms. The maximum absolute atomic E-state index is 11.7. The second kappa shape index (κ2) is 4.01. The lowest BCUT2D eigenvalue weighted by molar-refractivity contribution is -0.128. The largest absolute Gasteiger partial charge is 0.300 e. The number of nitrogens with zero attached hydrogens (tertiary/aromatic N) is 1. The molecular weight excluding hydrogens is 174 g/mol. The highest BCUT2D eigenvalue weighted by atomic mass is 16.1. The standard InChI is InChI=1S/C12H23NO/c1-9(2)13-7-10(8-13)6-11(14)12(3,4)5/h9-10H,6-8H2,1-5H3. The topological polar surface area (TPSA) is 20.3 Å². The van der Waals surface area contributed by atoms with Gasteiger partial charge >= 0.3 is 0 Å². The molecule has 1 aliphatic heterocycles. The van der Waals surface area contributed by atoms with Gasteiger partial charge in [0.25, 0.3) is 0 Å². The zero-order valence-electron chi connectivity index (χ0n) is 10.1.